The number of amides is 1. The van der Waals surface area contributed by atoms with E-state index in [1.807, 2.05) is 28.7 Å². The minimum Gasteiger partial charge on any atom is -0.389 e. The second-order valence-corrected chi connectivity index (χ2v) is 16.0. The molecule has 0 radical (unpaired) electrons. The van der Waals surface area contributed by atoms with E-state index in [0.717, 1.165) is 73.3 Å². The lowest BCUT2D eigenvalue weighted by Gasteiger charge is -2.39. The van der Waals surface area contributed by atoms with Crippen LogP contribution >= 0.6 is 11.3 Å². The van der Waals surface area contributed by atoms with Crippen molar-refractivity contribution in [2.45, 2.75) is 102 Å². The lowest BCUT2D eigenvalue weighted by molar-refractivity contribution is -0.167. The highest BCUT2D eigenvalue weighted by molar-refractivity contribution is 7.16. The summed E-state index contributed by atoms with van der Waals surface area (Å²) in [5.74, 6) is -0.729. The topological polar surface area (TPSA) is 168 Å². The Labute approximate surface area is 319 Å². The number of likely N-dealkylation sites (N-methyl/N-ethyl adjacent to an activating group) is 1. The van der Waals surface area contributed by atoms with Crippen LogP contribution in [-0.2, 0) is 23.1 Å². The van der Waals surface area contributed by atoms with Gasteiger partial charge in [-0.2, -0.15) is 23.5 Å². The standard InChI is InChI=1S/C38H42F3N11O2S/c1-5-51(20(2)22-11-8-16-44-32(22)48-36(53)38(39,40)41)34-25-19-45-52(21(3)26-12-9-17-50(26)4)35(25)47-33(46-34)29-23-10-6-14-37(30(23)54-49-29)15-7-13-27-28(37)24(18-42)31(43)55-27/h8,11,16,19-21,26H,5-7,9-10,12-15,17,43H2,1-4H3,(H,44,48,53)/t20?,21-,26-,37-/m0/s1. The summed E-state index contributed by atoms with van der Waals surface area (Å²) >= 11 is 1.48. The number of likely N-dealkylation sites (tertiary alicyclic amines) is 1. The van der Waals surface area contributed by atoms with Crippen molar-refractivity contribution in [1.29, 1.82) is 5.26 Å². The highest BCUT2D eigenvalue weighted by Crippen LogP contribution is 2.55. The van der Waals surface area contributed by atoms with E-state index in [1.54, 1.807) is 18.3 Å². The molecule has 4 atom stereocenters. The number of nitrogens with two attached hydrogens (primary N) is 1. The molecule has 17 heteroatoms. The Bertz CT molecular complexity index is 2320. The predicted octanol–water partition coefficient (Wildman–Crippen LogP) is 7.09. The zero-order valence-corrected chi connectivity index (χ0v) is 31.9. The van der Waals surface area contributed by atoms with Crippen LogP contribution in [0.25, 0.3) is 22.6 Å². The Morgan fingerprint density at radius 3 is 2.73 bits per heavy atom. The third-order valence-electron chi connectivity index (χ3n) is 11.9. The van der Waals surface area contributed by atoms with Gasteiger partial charge in [0.05, 0.1) is 34.6 Å². The summed E-state index contributed by atoms with van der Waals surface area (Å²) in [5, 5.41) is 22.9. The lowest BCUT2D eigenvalue weighted by atomic mass is 9.63. The Kier molecular flexibility index (Phi) is 9.31. The average molecular weight is 774 g/mol. The maximum Gasteiger partial charge on any atom is 0.471 e. The van der Waals surface area contributed by atoms with Gasteiger partial charge in [0.1, 0.15) is 22.7 Å². The van der Waals surface area contributed by atoms with Gasteiger partial charge in [0.25, 0.3) is 0 Å². The lowest BCUT2D eigenvalue weighted by Crippen LogP contribution is -2.35. The fraction of sp³-hybridized carbons (Fsp3) is 0.500. The number of aryl methyl sites for hydroxylation is 1. The van der Waals surface area contributed by atoms with E-state index in [1.165, 1.54) is 17.5 Å². The molecular formula is C38H42F3N11O2S. The fourth-order valence-electron chi connectivity index (χ4n) is 9.27. The van der Waals surface area contributed by atoms with Crippen LogP contribution in [0.4, 0.5) is 29.8 Å². The number of nitrogen functional groups attached to an aromatic ring is 1. The summed E-state index contributed by atoms with van der Waals surface area (Å²) in [6.45, 7) is 7.26. The predicted molar refractivity (Wildman–Crippen MR) is 202 cm³/mol. The van der Waals surface area contributed by atoms with E-state index in [-0.39, 0.29) is 17.9 Å². The molecule has 1 aliphatic heterocycles. The number of nitrogens with one attached hydrogen (secondary N) is 1. The maximum absolute atomic E-state index is 13.4. The molecule has 288 valence electrons. The number of carbonyl (C=O) groups excluding carboxylic acids is 1. The molecule has 3 aliphatic rings. The molecule has 1 amide bonds. The van der Waals surface area contributed by atoms with E-state index >= 15 is 0 Å². The molecule has 2 aliphatic carbocycles. The molecule has 1 spiro atoms. The number of anilines is 3. The van der Waals surface area contributed by atoms with Crippen LogP contribution in [0.3, 0.4) is 0 Å². The first-order valence-electron chi connectivity index (χ1n) is 18.7. The van der Waals surface area contributed by atoms with E-state index in [0.29, 0.717) is 57.5 Å². The van der Waals surface area contributed by atoms with Crippen LogP contribution < -0.4 is 16.0 Å². The normalized spacial score (nSPS) is 20.9. The molecule has 0 saturated carbocycles. The van der Waals surface area contributed by atoms with E-state index < -0.39 is 23.5 Å². The number of carbonyl (C=O) groups is 1. The van der Waals surface area contributed by atoms with Crippen molar-refractivity contribution in [2.75, 3.05) is 36.1 Å². The molecule has 0 aromatic carbocycles. The van der Waals surface area contributed by atoms with Gasteiger partial charge in [-0.05, 0) is 97.4 Å². The third kappa shape index (κ3) is 6.00. The van der Waals surface area contributed by atoms with Gasteiger partial charge in [0.15, 0.2) is 22.9 Å². The molecule has 1 saturated heterocycles. The van der Waals surface area contributed by atoms with Crippen molar-refractivity contribution in [2.24, 2.45) is 0 Å². The molecule has 1 unspecified atom stereocenters. The van der Waals surface area contributed by atoms with Crippen LogP contribution in [-0.4, -0.2) is 73.1 Å². The Morgan fingerprint density at radius 2 is 2.02 bits per heavy atom. The summed E-state index contributed by atoms with van der Waals surface area (Å²) in [6.07, 6.45) is 4.98. The molecule has 8 rings (SSSR count). The first-order valence-corrected chi connectivity index (χ1v) is 19.6. The molecule has 55 heavy (non-hydrogen) atoms. The molecule has 5 aromatic heterocycles. The number of halogens is 3. The van der Waals surface area contributed by atoms with Gasteiger partial charge >= 0.3 is 12.1 Å². The molecule has 5 aromatic rings. The number of nitriles is 1. The van der Waals surface area contributed by atoms with Crippen molar-refractivity contribution in [3.8, 4) is 17.6 Å². The van der Waals surface area contributed by atoms with Crippen LogP contribution in [0, 0.1) is 11.3 Å². The molecule has 13 nitrogen and oxygen atoms in total. The summed E-state index contributed by atoms with van der Waals surface area (Å²) in [6, 6.07) is 5.23. The van der Waals surface area contributed by atoms with Crippen LogP contribution in [0.1, 0.15) is 104 Å². The monoisotopic (exact) mass is 773 g/mol. The Balaban J connectivity index is 1.29. The summed E-state index contributed by atoms with van der Waals surface area (Å²) in [4.78, 5) is 31.9. The van der Waals surface area contributed by atoms with Gasteiger partial charge in [0.2, 0.25) is 0 Å². The smallest absolute Gasteiger partial charge is 0.389 e. The highest BCUT2D eigenvalue weighted by Gasteiger charge is 2.49. The molecular weight excluding hydrogens is 732 g/mol. The summed E-state index contributed by atoms with van der Waals surface area (Å²) < 4.78 is 48.3. The minimum absolute atomic E-state index is 0.0424. The van der Waals surface area contributed by atoms with Crippen molar-refractivity contribution in [3.05, 3.63) is 57.4 Å². The summed E-state index contributed by atoms with van der Waals surface area (Å²) in [5.41, 5.74) is 9.71. The zero-order valence-electron chi connectivity index (χ0n) is 31.1. The molecule has 1 fully saturated rings. The van der Waals surface area contributed by atoms with Gasteiger partial charge < -0.3 is 25.4 Å². The number of fused-ring (bicyclic) bond motifs is 5. The minimum atomic E-state index is -5.09. The first kappa shape index (κ1) is 36.9. The Morgan fingerprint density at radius 1 is 1.24 bits per heavy atom. The van der Waals surface area contributed by atoms with Crippen LogP contribution in [0.5, 0.6) is 0 Å². The van der Waals surface area contributed by atoms with Crippen molar-refractivity contribution >= 4 is 44.9 Å². The SMILES string of the molecule is CCN(c1nc(-c2noc3c2CCC[C@@]32CCCc3sc(N)c(C#N)c32)nc2c1cnn2[C@@H](C)[C@@H]1CCCN1C)C(C)c1cccnc1NC(=O)C(F)(F)F. The van der Waals surface area contributed by atoms with Crippen molar-refractivity contribution in [3.63, 3.8) is 0 Å². The molecule has 6 heterocycles. The number of pyridine rings is 1. The van der Waals surface area contributed by atoms with Gasteiger partial charge in [0, 0.05) is 34.8 Å². The van der Waals surface area contributed by atoms with Crippen molar-refractivity contribution < 1.29 is 22.5 Å². The van der Waals surface area contributed by atoms with Crippen LogP contribution in [0.15, 0.2) is 29.0 Å². The van der Waals surface area contributed by atoms with E-state index in [4.69, 9.17) is 25.3 Å². The number of alkyl halides is 3. The molecule has 3 N–H and O–H groups in total. The molecule has 0 bridgehead atoms. The van der Waals surface area contributed by atoms with E-state index in [2.05, 4.69) is 35.1 Å². The van der Waals surface area contributed by atoms with Crippen LogP contribution in [0.2, 0.25) is 0 Å². The maximum atomic E-state index is 13.4. The zero-order chi connectivity index (χ0) is 38.8. The van der Waals surface area contributed by atoms with Gasteiger partial charge in [-0.15, -0.1) is 11.3 Å². The first-order chi connectivity index (χ1) is 26.4. The number of aromatic nitrogens is 6. The number of nitrogens with zero attached hydrogens (tertiary/aromatic N) is 9. The number of hydrogen-bond acceptors (Lipinski definition) is 12. The van der Waals surface area contributed by atoms with Crippen molar-refractivity contribution in [1.82, 2.24) is 34.8 Å². The fourth-order valence-corrected chi connectivity index (χ4v) is 10.4. The largest absolute Gasteiger partial charge is 0.471 e. The van der Waals surface area contributed by atoms with Gasteiger partial charge in [-0.1, -0.05) is 11.2 Å². The quantitative estimate of drug-likeness (QED) is 0.165. The van der Waals surface area contributed by atoms with Gasteiger partial charge in [-0.25, -0.2) is 19.6 Å². The number of thiophene rings is 1. The average Bonchev–Trinajstić information content (AvgIpc) is 3.96. The third-order valence-corrected chi connectivity index (χ3v) is 13.0. The number of hydrogen-bond donors (Lipinski definition) is 2. The highest BCUT2D eigenvalue weighted by atomic mass is 32.1. The van der Waals surface area contributed by atoms with E-state index in [9.17, 15) is 23.2 Å². The number of rotatable bonds is 8. The van der Waals surface area contributed by atoms with Gasteiger partial charge in [-0.3, -0.25) is 4.79 Å². The second-order valence-electron chi connectivity index (χ2n) is 14.9. The summed E-state index contributed by atoms with van der Waals surface area (Å²) in [7, 11) is 2.11. The second kappa shape index (κ2) is 13.9. The Hall–Kier alpha value is -5.08.